The van der Waals surface area contributed by atoms with Crippen molar-refractivity contribution in [2.75, 3.05) is 13.2 Å². The van der Waals surface area contributed by atoms with Crippen LogP contribution in [0.5, 0.6) is 11.5 Å². The van der Waals surface area contributed by atoms with Crippen LogP contribution < -0.4 is 33.6 Å². The number of aryl methyl sites for hydroxylation is 2. The van der Waals surface area contributed by atoms with E-state index in [1.807, 2.05) is 64.1 Å². The molecule has 5 heteroatoms. The van der Waals surface area contributed by atoms with E-state index in [9.17, 15) is 4.79 Å². The summed E-state index contributed by atoms with van der Waals surface area (Å²) in [6.45, 7) is 9.01. The SMILES string of the molecule is CCOc1ccc(PC(=O)c2c(C)cccc2C)c(OCC)c1.[H-].[Li+]. The molecule has 0 saturated heterocycles. The van der Waals surface area contributed by atoms with Crippen molar-refractivity contribution in [1.82, 2.24) is 0 Å². The van der Waals surface area contributed by atoms with E-state index in [0.29, 0.717) is 13.2 Å². The molecule has 3 nitrogen and oxygen atoms in total. The second-order valence-corrected chi connectivity index (χ2v) is 6.49. The van der Waals surface area contributed by atoms with Crippen LogP contribution in [0.15, 0.2) is 36.4 Å². The van der Waals surface area contributed by atoms with Crippen LogP contribution in [0.25, 0.3) is 0 Å². The third-order valence-electron chi connectivity index (χ3n) is 3.52. The van der Waals surface area contributed by atoms with E-state index >= 15 is 0 Å². The number of hydrogen-bond donors (Lipinski definition) is 0. The van der Waals surface area contributed by atoms with Gasteiger partial charge in [0.2, 0.25) is 0 Å². The molecule has 0 saturated carbocycles. The largest absolute Gasteiger partial charge is 1.00 e. The molecular formula is C19H24LiO3P. The van der Waals surface area contributed by atoms with Crippen molar-refractivity contribution in [2.24, 2.45) is 0 Å². The van der Waals surface area contributed by atoms with Crippen molar-refractivity contribution in [3.8, 4) is 11.5 Å². The Hall–Kier alpha value is -1.26. The summed E-state index contributed by atoms with van der Waals surface area (Å²) in [6.07, 6.45) is 0. The number of carbonyl (C=O) groups excluding carboxylic acids is 1. The Morgan fingerprint density at radius 1 is 1.04 bits per heavy atom. The molecule has 1 unspecified atom stereocenters. The maximum absolute atomic E-state index is 12.7. The summed E-state index contributed by atoms with van der Waals surface area (Å²) in [7, 11) is 0.0361. The van der Waals surface area contributed by atoms with Gasteiger partial charge in [0, 0.05) is 16.9 Å². The molecule has 0 aliphatic heterocycles. The first-order valence-corrected chi connectivity index (χ1v) is 8.84. The van der Waals surface area contributed by atoms with Gasteiger partial charge in [-0.05, 0) is 59.5 Å². The smallest absolute Gasteiger partial charge is 1.00 e. The van der Waals surface area contributed by atoms with Gasteiger partial charge in [0.25, 0.3) is 0 Å². The number of carbonyl (C=O) groups is 1. The third-order valence-corrected chi connectivity index (χ3v) is 4.68. The Morgan fingerprint density at radius 2 is 1.67 bits per heavy atom. The molecule has 1 atom stereocenters. The van der Waals surface area contributed by atoms with Crippen molar-refractivity contribution in [1.29, 1.82) is 0 Å². The molecule has 0 fully saturated rings. The maximum atomic E-state index is 12.7. The Labute approximate surface area is 159 Å². The van der Waals surface area contributed by atoms with Crippen molar-refractivity contribution in [2.45, 2.75) is 27.7 Å². The van der Waals surface area contributed by atoms with Crippen molar-refractivity contribution < 1.29 is 34.6 Å². The van der Waals surface area contributed by atoms with Crippen molar-refractivity contribution in [3.05, 3.63) is 53.1 Å². The molecule has 2 rings (SSSR count). The minimum atomic E-state index is 0. The van der Waals surface area contributed by atoms with Gasteiger partial charge in [0.1, 0.15) is 11.5 Å². The summed E-state index contributed by atoms with van der Waals surface area (Å²) in [4.78, 5) is 12.7. The van der Waals surface area contributed by atoms with Crippen LogP contribution in [-0.4, -0.2) is 18.7 Å². The average Bonchev–Trinajstić information content (AvgIpc) is 2.50. The minimum Gasteiger partial charge on any atom is -1.00 e. The summed E-state index contributed by atoms with van der Waals surface area (Å²) in [5, 5.41) is 0.919. The fourth-order valence-corrected chi connectivity index (χ4v) is 3.69. The Balaban J connectivity index is 0.00000288. The van der Waals surface area contributed by atoms with Gasteiger partial charge in [-0.2, -0.15) is 0 Å². The molecule has 2 aromatic carbocycles. The van der Waals surface area contributed by atoms with Gasteiger partial charge in [-0.3, -0.25) is 4.79 Å². The van der Waals surface area contributed by atoms with Crippen LogP contribution in [0, 0.1) is 13.8 Å². The number of ether oxygens (including phenoxy) is 2. The molecule has 0 aliphatic rings. The molecule has 0 bridgehead atoms. The summed E-state index contributed by atoms with van der Waals surface area (Å²) in [5.41, 5.74) is 3.01. The topological polar surface area (TPSA) is 35.5 Å². The summed E-state index contributed by atoms with van der Waals surface area (Å²) in [6, 6.07) is 11.6. The zero-order valence-electron chi connectivity index (χ0n) is 16.1. The zero-order chi connectivity index (χ0) is 16.8. The zero-order valence-corrected chi connectivity index (χ0v) is 16.1. The maximum Gasteiger partial charge on any atom is 1.00 e. The average molecular weight is 338 g/mol. The minimum absolute atomic E-state index is 0. The number of rotatable bonds is 7. The Morgan fingerprint density at radius 3 is 2.25 bits per heavy atom. The summed E-state index contributed by atoms with van der Waals surface area (Å²) in [5.74, 6) is 1.50. The standard InChI is InChI=1S/C19H23O3P.Li.H/c1-5-21-15-10-11-17(16(12-15)22-6-2)23-19(20)18-13(3)8-7-9-14(18)4;;/h7-12,23H,5-6H2,1-4H3;;/q;+1;-1. The van der Waals surface area contributed by atoms with Crippen molar-refractivity contribution in [3.63, 3.8) is 0 Å². The first kappa shape index (κ1) is 20.8. The summed E-state index contributed by atoms with van der Waals surface area (Å²) >= 11 is 0. The second kappa shape index (κ2) is 9.89. The predicted octanol–water partition coefficient (Wildman–Crippen LogP) is 1.36. The van der Waals surface area contributed by atoms with E-state index in [0.717, 1.165) is 33.5 Å². The van der Waals surface area contributed by atoms with Crippen molar-refractivity contribution >= 4 is 19.4 Å². The van der Waals surface area contributed by atoms with Crippen LogP contribution in [0.1, 0.15) is 36.8 Å². The molecule has 2 aromatic rings. The van der Waals surface area contributed by atoms with E-state index < -0.39 is 0 Å². The van der Waals surface area contributed by atoms with Crippen LogP contribution in [0.2, 0.25) is 0 Å². The summed E-state index contributed by atoms with van der Waals surface area (Å²) < 4.78 is 11.2. The monoisotopic (exact) mass is 338 g/mol. The van der Waals surface area contributed by atoms with Crippen LogP contribution >= 0.6 is 8.58 Å². The normalized spacial score (nSPS) is 10.5. The van der Waals surface area contributed by atoms with Gasteiger partial charge in [0.15, 0.2) is 5.52 Å². The van der Waals surface area contributed by atoms with Gasteiger partial charge >= 0.3 is 18.9 Å². The van der Waals surface area contributed by atoms with Crippen LogP contribution in [-0.2, 0) is 0 Å². The van der Waals surface area contributed by atoms with Gasteiger partial charge < -0.3 is 10.9 Å². The first-order valence-electron chi connectivity index (χ1n) is 7.84. The predicted molar refractivity (Wildman–Crippen MR) is 98.1 cm³/mol. The van der Waals surface area contributed by atoms with E-state index in [1.54, 1.807) is 0 Å². The molecule has 24 heavy (non-hydrogen) atoms. The number of benzene rings is 2. The molecule has 0 radical (unpaired) electrons. The van der Waals surface area contributed by atoms with Crippen LogP contribution in [0.4, 0.5) is 0 Å². The second-order valence-electron chi connectivity index (χ2n) is 5.24. The molecule has 0 aromatic heterocycles. The van der Waals surface area contributed by atoms with Gasteiger partial charge in [0.05, 0.1) is 13.2 Å². The fraction of sp³-hybridized carbons (Fsp3) is 0.316. The third kappa shape index (κ3) is 5.12. The van der Waals surface area contributed by atoms with Gasteiger partial charge in [-0.1, -0.05) is 18.2 Å². The molecule has 0 amide bonds. The van der Waals surface area contributed by atoms with E-state index in [4.69, 9.17) is 9.47 Å². The van der Waals surface area contributed by atoms with E-state index in [1.165, 1.54) is 0 Å². The molecule has 0 aliphatic carbocycles. The Kier molecular flexibility index (Phi) is 8.57. The molecule has 0 N–H and O–H groups in total. The van der Waals surface area contributed by atoms with E-state index in [-0.39, 0.29) is 34.4 Å². The first-order chi connectivity index (χ1) is 11.1. The fourth-order valence-electron chi connectivity index (χ4n) is 2.49. The quantitative estimate of drug-likeness (QED) is 0.565. The molecule has 0 spiro atoms. The number of hydrogen-bond acceptors (Lipinski definition) is 3. The van der Waals surface area contributed by atoms with E-state index in [2.05, 4.69) is 0 Å². The molecular weight excluding hydrogens is 314 g/mol. The molecule has 0 heterocycles. The van der Waals surface area contributed by atoms with Gasteiger partial charge in [-0.25, -0.2) is 0 Å². The molecule has 124 valence electrons. The van der Waals surface area contributed by atoms with Gasteiger partial charge in [-0.15, -0.1) is 0 Å². The van der Waals surface area contributed by atoms with Crippen LogP contribution in [0.3, 0.4) is 0 Å². The Bertz CT molecular complexity index is 687.